The van der Waals surface area contributed by atoms with E-state index in [1.807, 2.05) is 60.9 Å². The lowest BCUT2D eigenvalue weighted by atomic mass is 10.2. The predicted octanol–water partition coefficient (Wildman–Crippen LogP) is 3.24. The molecule has 28 heavy (non-hydrogen) atoms. The minimum atomic E-state index is 0.569. The van der Waals surface area contributed by atoms with Crippen LogP contribution in [0, 0.1) is 0 Å². The van der Waals surface area contributed by atoms with E-state index in [-0.39, 0.29) is 0 Å². The molecule has 4 rings (SSSR count). The monoisotopic (exact) mass is 373 g/mol. The molecule has 0 spiro atoms. The van der Waals surface area contributed by atoms with Crippen molar-refractivity contribution in [2.75, 3.05) is 31.1 Å². The summed E-state index contributed by atoms with van der Waals surface area (Å²) in [6.45, 7) is 4.29. The molecule has 0 bridgehead atoms. The molecule has 0 atom stereocenters. The maximum atomic E-state index is 5.90. The van der Waals surface area contributed by atoms with Crippen LogP contribution in [-0.4, -0.2) is 37.4 Å². The quantitative estimate of drug-likeness (QED) is 0.623. The van der Waals surface area contributed by atoms with Gasteiger partial charge in [-0.2, -0.15) is 5.10 Å². The first-order chi connectivity index (χ1) is 13.9. The Bertz CT molecular complexity index is 891. The van der Waals surface area contributed by atoms with Gasteiger partial charge in [-0.3, -0.25) is 9.91 Å². The molecular formula is C23H25N4O+. The fourth-order valence-corrected chi connectivity index (χ4v) is 3.21. The number of pyridine rings is 1. The van der Waals surface area contributed by atoms with Crippen molar-refractivity contribution in [3.8, 4) is 5.75 Å². The average Bonchev–Trinajstić information content (AvgIpc) is 2.78. The Hall–Kier alpha value is -3.34. The fourth-order valence-electron chi connectivity index (χ4n) is 3.21. The summed E-state index contributed by atoms with van der Waals surface area (Å²) >= 11 is 0. The third kappa shape index (κ3) is 4.88. The lowest BCUT2D eigenvalue weighted by molar-refractivity contribution is -0.364. The number of benzene rings is 2. The maximum absolute atomic E-state index is 5.90. The smallest absolute Gasteiger partial charge is 0.274 e. The summed E-state index contributed by atoms with van der Waals surface area (Å²) in [4.78, 5) is 5.65. The van der Waals surface area contributed by atoms with Gasteiger partial charge in [0.05, 0.1) is 25.5 Å². The molecule has 142 valence electrons. The first kappa shape index (κ1) is 18.0. The summed E-state index contributed by atoms with van der Waals surface area (Å²) in [5.41, 5.74) is 2.21. The van der Waals surface area contributed by atoms with Crippen LogP contribution in [0.15, 0.2) is 84.1 Å². The van der Waals surface area contributed by atoms with Crippen LogP contribution < -0.4 is 14.6 Å². The number of nitrogens with one attached hydrogen (secondary N) is 1. The van der Waals surface area contributed by atoms with Crippen LogP contribution in [0.3, 0.4) is 0 Å². The molecule has 1 aliphatic heterocycles. The molecule has 0 amide bonds. The van der Waals surface area contributed by atoms with E-state index in [9.17, 15) is 0 Å². The highest BCUT2D eigenvalue weighted by molar-refractivity contribution is 5.80. The van der Waals surface area contributed by atoms with Crippen molar-refractivity contribution in [2.45, 2.75) is 6.61 Å². The van der Waals surface area contributed by atoms with Gasteiger partial charge >= 0.3 is 0 Å². The van der Waals surface area contributed by atoms with Crippen molar-refractivity contribution in [1.29, 1.82) is 0 Å². The molecule has 1 N–H and O–H groups in total. The van der Waals surface area contributed by atoms with Gasteiger partial charge in [0.25, 0.3) is 5.82 Å². The van der Waals surface area contributed by atoms with Gasteiger partial charge in [0.15, 0.2) is 0 Å². The molecule has 2 heterocycles. The second kappa shape index (κ2) is 9.04. The van der Waals surface area contributed by atoms with Crippen molar-refractivity contribution < 1.29 is 9.72 Å². The number of hydrogen-bond acceptors (Lipinski definition) is 4. The summed E-state index contributed by atoms with van der Waals surface area (Å²) in [5.74, 6) is 2.02. The summed E-state index contributed by atoms with van der Waals surface area (Å²) in [6.07, 6.45) is 3.88. The number of hydrogen-bond donors (Lipinski definition) is 0. The number of hydrazone groups is 1. The van der Waals surface area contributed by atoms with E-state index in [1.165, 1.54) is 0 Å². The van der Waals surface area contributed by atoms with Gasteiger partial charge in [-0.1, -0.05) is 48.5 Å². The molecule has 0 unspecified atom stereocenters. The Balaban J connectivity index is 1.30. The summed E-state index contributed by atoms with van der Waals surface area (Å²) in [5, 5.41) is 6.78. The molecule has 0 radical (unpaired) electrons. The van der Waals surface area contributed by atoms with Gasteiger partial charge in [0.1, 0.15) is 25.4 Å². The molecular weight excluding hydrogens is 348 g/mol. The fraction of sp³-hybridized carbons (Fsp3) is 0.217. The zero-order valence-corrected chi connectivity index (χ0v) is 15.9. The Morgan fingerprint density at radius 2 is 1.71 bits per heavy atom. The Labute approximate surface area is 165 Å². The predicted molar refractivity (Wildman–Crippen MR) is 112 cm³/mol. The molecule has 3 aromatic rings. The second-order valence-electron chi connectivity index (χ2n) is 6.78. The molecule has 2 aromatic carbocycles. The summed E-state index contributed by atoms with van der Waals surface area (Å²) in [7, 11) is 0. The summed E-state index contributed by atoms with van der Waals surface area (Å²) in [6, 6.07) is 24.4. The number of rotatable bonds is 6. The van der Waals surface area contributed by atoms with E-state index in [1.54, 1.807) is 0 Å². The highest BCUT2D eigenvalue weighted by Crippen LogP contribution is 2.15. The molecule has 1 aromatic heterocycles. The summed E-state index contributed by atoms with van der Waals surface area (Å²) < 4.78 is 5.90. The third-order valence-corrected chi connectivity index (χ3v) is 4.77. The standard InChI is InChI=1S/C23H24N4O/c1-2-7-20(8-3-1)19-28-22-10-6-9-21(17-22)18-25-27-15-13-26(14-16-27)23-11-4-5-12-24-23/h1-12,17-18H,13-16,19H2/p+1/b25-18+. The first-order valence-corrected chi connectivity index (χ1v) is 9.64. The van der Waals surface area contributed by atoms with Crippen LogP contribution in [0.2, 0.25) is 0 Å². The second-order valence-corrected chi connectivity index (χ2v) is 6.78. The van der Waals surface area contributed by atoms with Gasteiger partial charge in [0.2, 0.25) is 0 Å². The van der Waals surface area contributed by atoms with E-state index in [0.717, 1.165) is 48.9 Å². The minimum absolute atomic E-state index is 0.569. The van der Waals surface area contributed by atoms with Crippen molar-refractivity contribution in [3.05, 3.63) is 90.1 Å². The van der Waals surface area contributed by atoms with Gasteiger partial charge in [-0.25, -0.2) is 4.98 Å². The lowest BCUT2D eigenvalue weighted by Gasteiger charge is -2.28. The number of anilines is 1. The number of aromatic amines is 1. The molecule has 5 nitrogen and oxygen atoms in total. The molecule has 5 heteroatoms. The normalized spacial score (nSPS) is 14.4. The number of H-pyrrole nitrogens is 1. The van der Waals surface area contributed by atoms with Crippen LogP contribution in [0.4, 0.5) is 5.82 Å². The highest BCUT2D eigenvalue weighted by Gasteiger charge is 2.21. The average molecular weight is 373 g/mol. The van der Waals surface area contributed by atoms with E-state index in [4.69, 9.17) is 4.74 Å². The van der Waals surface area contributed by atoms with E-state index >= 15 is 0 Å². The minimum Gasteiger partial charge on any atom is -0.489 e. The zero-order valence-electron chi connectivity index (χ0n) is 15.9. The van der Waals surface area contributed by atoms with E-state index in [0.29, 0.717) is 6.61 Å². The SMILES string of the molecule is C(=N\N1CCN(c2cccc[nH+]2)CC1)/c1cccc(OCc2ccccc2)c1. The molecule has 1 aliphatic rings. The molecule has 1 fully saturated rings. The molecule has 1 saturated heterocycles. The number of ether oxygens (including phenoxy) is 1. The Kier molecular flexibility index (Phi) is 5.83. The largest absolute Gasteiger partial charge is 0.489 e. The Morgan fingerprint density at radius 1 is 0.893 bits per heavy atom. The topological polar surface area (TPSA) is 42.2 Å². The number of piperazine rings is 1. The van der Waals surface area contributed by atoms with Gasteiger partial charge in [0, 0.05) is 6.07 Å². The maximum Gasteiger partial charge on any atom is 0.274 e. The number of aromatic nitrogens is 1. The molecule has 0 aliphatic carbocycles. The van der Waals surface area contributed by atoms with Gasteiger partial charge < -0.3 is 4.74 Å². The zero-order chi connectivity index (χ0) is 19.0. The highest BCUT2D eigenvalue weighted by atomic mass is 16.5. The van der Waals surface area contributed by atoms with Gasteiger partial charge in [-0.05, 0) is 29.3 Å². The van der Waals surface area contributed by atoms with Crippen molar-refractivity contribution in [2.24, 2.45) is 5.10 Å². The van der Waals surface area contributed by atoms with Crippen molar-refractivity contribution in [1.82, 2.24) is 5.01 Å². The Morgan fingerprint density at radius 3 is 2.50 bits per heavy atom. The third-order valence-electron chi connectivity index (χ3n) is 4.77. The van der Waals surface area contributed by atoms with Crippen molar-refractivity contribution in [3.63, 3.8) is 0 Å². The van der Waals surface area contributed by atoms with E-state index in [2.05, 4.69) is 44.3 Å². The van der Waals surface area contributed by atoms with Gasteiger partial charge in [-0.15, -0.1) is 0 Å². The number of nitrogens with zero attached hydrogens (tertiary/aromatic N) is 3. The van der Waals surface area contributed by atoms with Crippen molar-refractivity contribution >= 4 is 12.0 Å². The van der Waals surface area contributed by atoms with Crippen LogP contribution in [0.5, 0.6) is 5.75 Å². The van der Waals surface area contributed by atoms with Crippen LogP contribution >= 0.6 is 0 Å². The van der Waals surface area contributed by atoms with E-state index < -0.39 is 0 Å². The van der Waals surface area contributed by atoms with Crippen LogP contribution in [0.25, 0.3) is 0 Å². The lowest BCUT2D eigenvalue weighted by Crippen LogP contribution is -2.45. The van der Waals surface area contributed by atoms with Crippen LogP contribution in [0.1, 0.15) is 11.1 Å². The first-order valence-electron chi connectivity index (χ1n) is 9.64. The molecule has 0 saturated carbocycles. The van der Waals surface area contributed by atoms with Crippen LogP contribution in [-0.2, 0) is 6.61 Å².